The van der Waals surface area contributed by atoms with Crippen molar-refractivity contribution in [3.8, 4) is 0 Å². The average Bonchev–Trinajstić information content (AvgIpc) is 2.67. The van der Waals surface area contributed by atoms with Crippen molar-refractivity contribution >= 4 is 17.7 Å². The normalized spacial score (nSPS) is 14.4. The van der Waals surface area contributed by atoms with Crippen molar-refractivity contribution in [2.75, 3.05) is 26.2 Å². The van der Waals surface area contributed by atoms with Crippen LogP contribution in [-0.2, 0) is 9.53 Å². The molecule has 1 aromatic rings. The molecule has 152 valence electrons. The van der Waals surface area contributed by atoms with Gasteiger partial charge in [-0.05, 0) is 39.2 Å². The van der Waals surface area contributed by atoms with E-state index in [1.165, 1.54) is 0 Å². The monoisotopic (exact) mass is 388 g/mol. The minimum atomic E-state index is -0.638. The second kappa shape index (κ2) is 9.50. The second-order valence-corrected chi connectivity index (χ2v) is 7.67. The van der Waals surface area contributed by atoms with Gasteiger partial charge >= 0.3 is 6.09 Å². The highest BCUT2D eigenvalue weighted by Gasteiger charge is 2.27. The molecule has 2 rings (SSSR count). The van der Waals surface area contributed by atoms with Gasteiger partial charge < -0.3 is 20.1 Å². The van der Waals surface area contributed by atoms with Gasteiger partial charge in [-0.1, -0.05) is 30.3 Å². The van der Waals surface area contributed by atoms with Gasteiger partial charge in [0.1, 0.15) is 12.2 Å². The molecule has 0 aromatic heterocycles. The van der Waals surface area contributed by atoms with Crippen LogP contribution < -0.4 is 5.32 Å². The molecule has 0 saturated carbocycles. The van der Waals surface area contributed by atoms with Crippen molar-refractivity contribution in [3.63, 3.8) is 0 Å². The van der Waals surface area contributed by atoms with Gasteiger partial charge in [0.15, 0.2) is 5.78 Å². The number of ether oxygens (including phenoxy) is 1. The number of hydrogen-bond acceptors (Lipinski definition) is 6. The maximum absolute atomic E-state index is 12.3. The number of benzene rings is 1. The van der Waals surface area contributed by atoms with Gasteiger partial charge in [0.2, 0.25) is 5.78 Å². The zero-order chi connectivity index (χ0) is 20.7. The number of Topliss-reactive ketones (excluding diaryl/α,β-unsaturated/α-hetero) is 2. The van der Waals surface area contributed by atoms with E-state index in [4.69, 9.17) is 4.74 Å². The van der Waals surface area contributed by atoms with Crippen LogP contribution in [0.3, 0.4) is 0 Å². The van der Waals surface area contributed by atoms with Crippen LogP contribution >= 0.6 is 0 Å². The number of amides is 1. The van der Waals surface area contributed by atoms with Crippen LogP contribution in [0.2, 0.25) is 0 Å². The summed E-state index contributed by atoms with van der Waals surface area (Å²) in [5.41, 5.74) is 1.07. The first-order valence-electron chi connectivity index (χ1n) is 9.37. The summed E-state index contributed by atoms with van der Waals surface area (Å²) in [7, 11) is 0. The molecule has 1 amide bonds. The Morgan fingerprint density at radius 2 is 1.71 bits per heavy atom. The number of nitrogens with one attached hydrogen (secondary N) is 1. The van der Waals surface area contributed by atoms with Crippen LogP contribution in [0.15, 0.2) is 41.6 Å². The third-order valence-corrected chi connectivity index (χ3v) is 4.32. The summed E-state index contributed by atoms with van der Waals surface area (Å²) < 4.78 is 5.37. The summed E-state index contributed by atoms with van der Waals surface area (Å²) in [6, 6.07) is 8.80. The van der Waals surface area contributed by atoms with Crippen molar-refractivity contribution in [1.29, 1.82) is 0 Å². The Hall–Kier alpha value is -2.67. The fourth-order valence-corrected chi connectivity index (χ4v) is 2.93. The highest BCUT2D eigenvalue weighted by atomic mass is 16.6. The zero-order valence-electron chi connectivity index (χ0n) is 16.7. The number of hydrogen-bond donors (Lipinski definition) is 2. The number of ketones is 2. The minimum Gasteiger partial charge on any atom is -0.444 e. The molecule has 0 bridgehead atoms. The van der Waals surface area contributed by atoms with Crippen LogP contribution in [0.4, 0.5) is 4.79 Å². The first-order valence-corrected chi connectivity index (χ1v) is 9.37. The summed E-state index contributed by atoms with van der Waals surface area (Å²) in [5, 5.41) is 12.2. The number of carbonyl (C=O) groups is 3. The van der Waals surface area contributed by atoms with E-state index in [2.05, 4.69) is 5.32 Å². The van der Waals surface area contributed by atoms with Gasteiger partial charge in [0.05, 0.1) is 12.2 Å². The predicted octanol–water partition coefficient (Wildman–Crippen LogP) is 2.31. The SMILES string of the molecule is CC(C)(C)OC(=O)N1CCC(=C(NCC(=O)c2ccccc2)C(=O)CO)CC1. The summed E-state index contributed by atoms with van der Waals surface area (Å²) in [6.45, 7) is 5.59. The van der Waals surface area contributed by atoms with Crippen molar-refractivity contribution < 1.29 is 24.2 Å². The summed E-state index contributed by atoms with van der Waals surface area (Å²) in [5.74, 6) is -0.600. The van der Waals surface area contributed by atoms with Crippen LogP contribution in [0.5, 0.6) is 0 Å². The van der Waals surface area contributed by atoms with Crippen LogP contribution in [0.25, 0.3) is 0 Å². The lowest BCUT2D eigenvalue weighted by atomic mass is 9.99. The maximum atomic E-state index is 12.3. The van der Waals surface area contributed by atoms with E-state index in [0.717, 1.165) is 5.57 Å². The van der Waals surface area contributed by atoms with Gasteiger partial charge in [-0.25, -0.2) is 4.79 Å². The second-order valence-electron chi connectivity index (χ2n) is 7.67. The molecule has 0 unspecified atom stereocenters. The van der Waals surface area contributed by atoms with Gasteiger partial charge in [0.25, 0.3) is 0 Å². The van der Waals surface area contributed by atoms with Crippen molar-refractivity contribution in [3.05, 3.63) is 47.2 Å². The van der Waals surface area contributed by atoms with E-state index in [1.54, 1.807) is 29.2 Å². The van der Waals surface area contributed by atoms with Crippen LogP contribution in [0.1, 0.15) is 44.0 Å². The molecule has 0 atom stereocenters. The molecule has 0 spiro atoms. The molecule has 1 heterocycles. The molecule has 1 saturated heterocycles. The Morgan fingerprint density at radius 3 is 2.25 bits per heavy atom. The first kappa shape index (κ1) is 21.6. The Balaban J connectivity index is 2.03. The van der Waals surface area contributed by atoms with Gasteiger partial charge in [0, 0.05) is 18.7 Å². The Kier molecular flexibility index (Phi) is 7.34. The molecular formula is C21H28N2O5. The van der Waals surface area contributed by atoms with Crippen molar-refractivity contribution in [2.24, 2.45) is 0 Å². The number of likely N-dealkylation sites (tertiary alicyclic amines) is 1. The third-order valence-electron chi connectivity index (χ3n) is 4.32. The molecule has 1 fully saturated rings. The largest absolute Gasteiger partial charge is 0.444 e. The van der Waals surface area contributed by atoms with Crippen molar-refractivity contribution in [1.82, 2.24) is 10.2 Å². The van der Waals surface area contributed by atoms with E-state index in [0.29, 0.717) is 31.5 Å². The minimum absolute atomic E-state index is 0.0373. The van der Waals surface area contributed by atoms with Crippen molar-refractivity contribution in [2.45, 2.75) is 39.2 Å². The third kappa shape index (κ3) is 6.20. The molecule has 1 aliphatic heterocycles. The van der Waals surface area contributed by atoms with Gasteiger partial charge in [-0.15, -0.1) is 0 Å². The molecule has 0 radical (unpaired) electrons. The smallest absolute Gasteiger partial charge is 0.410 e. The fourth-order valence-electron chi connectivity index (χ4n) is 2.93. The lowest BCUT2D eigenvalue weighted by molar-refractivity contribution is -0.118. The average molecular weight is 388 g/mol. The molecule has 7 heteroatoms. The molecular weight excluding hydrogens is 360 g/mol. The number of carbonyl (C=O) groups excluding carboxylic acids is 3. The fraction of sp³-hybridized carbons (Fsp3) is 0.476. The summed E-state index contributed by atoms with van der Waals surface area (Å²) in [6.07, 6.45) is 0.577. The highest BCUT2D eigenvalue weighted by molar-refractivity contribution is 6.00. The number of aliphatic hydroxyl groups is 1. The molecule has 1 aromatic carbocycles. The Bertz CT molecular complexity index is 740. The quantitative estimate of drug-likeness (QED) is 0.573. The number of nitrogens with zero attached hydrogens (tertiary/aromatic N) is 1. The maximum Gasteiger partial charge on any atom is 0.410 e. The lowest BCUT2D eigenvalue weighted by Gasteiger charge is -2.31. The standard InChI is InChI=1S/C21H28N2O5/c1-21(2,3)28-20(27)23-11-9-16(10-12-23)19(18(26)14-24)22-13-17(25)15-7-5-4-6-8-15/h4-8,22,24H,9-14H2,1-3H3. The first-order chi connectivity index (χ1) is 13.2. The Morgan fingerprint density at radius 1 is 1.11 bits per heavy atom. The highest BCUT2D eigenvalue weighted by Crippen LogP contribution is 2.21. The summed E-state index contributed by atoms with van der Waals surface area (Å²) in [4.78, 5) is 38.2. The Labute approximate surface area is 165 Å². The summed E-state index contributed by atoms with van der Waals surface area (Å²) >= 11 is 0. The molecule has 0 aliphatic carbocycles. The predicted molar refractivity (Wildman–Crippen MR) is 105 cm³/mol. The number of rotatable bonds is 6. The van der Waals surface area contributed by atoms with E-state index < -0.39 is 18.0 Å². The topological polar surface area (TPSA) is 95.9 Å². The van der Waals surface area contributed by atoms with Crippen LogP contribution in [-0.4, -0.2) is 59.5 Å². The lowest BCUT2D eigenvalue weighted by Crippen LogP contribution is -2.41. The molecule has 1 aliphatic rings. The van der Waals surface area contributed by atoms with E-state index >= 15 is 0 Å². The molecule has 7 nitrogen and oxygen atoms in total. The van der Waals surface area contributed by atoms with E-state index in [9.17, 15) is 19.5 Å². The zero-order valence-corrected chi connectivity index (χ0v) is 16.7. The number of piperidine rings is 1. The van der Waals surface area contributed by atoms with Gasteiger partial charge in [-0.3, -0.25) is 9.59 Å². The van der Waals surface area contributed by atoms with Gasteiger partial charge in [-0.2, -0.15) is 0 Å². The number of aliphatic hydroxyl groups excluding tert-OH is 1. The van der Waals surface area contributed by atoms with E-state index in [-0.39, 0.29) is 24.1 Å². The van der Waals surface area contributed by atoms with E-state index in [1.807, 2.05) is 26.8 Å². The molecule has 28 heavy (non-hydrogen) atoms. The molecule has 2 N–H and O–H groups in total. The van der Waals surface area contributed by atoms with Crippen LogP contribution in [0, 0.1) is 0 Å².